The second-order valence-corrected chi connectivity index (χ2v) is 5.46. The van der Waals surface area contributed by atoms with E-state index in [2.05, 4.69) is 23.5 Å². The van der Waals surface area contributed by atoms with Crippen molar-refractivity contribution < 1.29 is 0 Å². The number of nitrogens with two attached hydrogens (primary N) is 1. The van der Waals surface area contributed by atoms with Gasteiger partial charge in [0.05, 0.1) is 11.7 Å². The number of aromatic nitrogens is 2. The third-order valence-corrected chi connectivity index (χ3v) is 3.86. The van der Waals surface area contributed by atoms with Crippen LogP contribution in [0.5, 0.6) is 0 Å². The molecule has 1 atom stereocenters. The quantitative estimate of drug-likeness (QED) is 0.658. The first-order valence-corrected chi connectivity index (χ1v) is 7.17. The molecule has 1 aromatic carbocycles. The summed E-state index contributed by atoms with van der Waals surface area (Å²) in [6, 6.07) is 8.13. The first-order chi connectivity index (χ1) is 9.55. The number of hydrogen-bond donors (Lipinski definition) is 2. The minimum atomic E-state index is -0.0248. The minimum Gasteiger partial charge on any atom is -0.272 e. The van der Waals surface area contributed by atoms with Crippen molar-refractivity contribution in [2.24, 2.45) is 12.9 Å². The van der Waals surface area contributed by atoms with Gasteiger partial charge in [0.25, 0.3) is 0 Å². The highest BCUT2D eigenvalue weighted by Crippen LogP contribution is 2.26. The predicted octanol–water partition coefficient (Wildman–Crippen LogP) is 2.69. The lowest BCUT2D eigenvalue weighted by Gasteiger charge is -2.18. The van der Waals surface area contributed by atoms with E-state index in [0.29, 0.717) is 0 Å². The average molecular weight is 293 g/mol. The standard InChI is InChI=1S/C15H21ClN4/c1-4-11-8-12(20(3)19-11)9-15(18-17)13-6-5-10(2)7-14(13)16/h5-8,15,18H,4,9,17H2,1-3H3. The zero-order valence-corrected chi connectivity index (χ0v) is 12.9. The van der Waals surface area contributed by atoms with Gasteiger partial charge in [0.2, 0.25) is 0 Å². The van der Waals surface area contributed by atoms with Gasteiger partial charge in [0.15, 0.2) is 0 Å². The van der Waals surface area contributed by atoms with Crippen LogP contribution in [0.25, 0.3) is 0 Å². The molecule has 0 saturated carbocycles. The van der Waals surface area contributed by atoms with Crippen molar-refractivity contribution in [1.82, 2.24) is 15.2 Å². The molecular formula is C15H21ClN4. The molecule has 0 aliphatic heterocycles. The molecule has 5 heteroatoms. The highest BCUT2D eigenvalue weighted by atomic mass is 35.5. The molecule has 0 aliphatic rings. The van der Waals surface area contributed by atoms with E-state index < -0.39 is 0 Å². The Labute approximate surface area is 124 Å². The Morgan fingerprint density at radius 3 is 2.70 bits per heavy atom. The molecule has 0 aliphatic carbocycles. The third kappa shape index (κ3) is 3.20. The summed E-state index contributed by atoms with van der Waals surface area (Å²) in [6.07, 6.45) is 1.68. The largest absolute Gasteiger partial charge is 0.272 e. The summed E-state index contributed by atoms with van der Waals surface area (Å²) >= 11 is 6.32. The zero-order chi connectivity index (χ0) is 14.7. The Balaban J connectivity index is 2.26. The molecular weight excluding hydrogens is 272 g/mol. The van der Waals surface area contributed by atoms with Gasteiger partial charge in [-0.3, -0.25) is 16.0 Å². The van der Waals surface area contributed by atoms with E-state index in [4.69, 9.17) is 17.4 Å². The molecule has 3 N–H and O–H groups in total. The Bertz CT molecular complexity index is 592. The molecule has 0 saturated heterocycles. The molecule has 20 heavy (non-hydrogen) atoms. The summed E-state index contributed by atoms with van der Waals surface area (Å²) in [5, 5.41) is 5.20. The van der Waals surface area contributed by atoms with Crippen LogP contribution in [0.15, 0.2) is 24.3 Å². The first kappa shape index (κ1) is 15.0. The molecule has 0 fully saturated rings. The Kier molecular flexibility index (Phi) is 4.81. The van der Waals surface area contributed by atoms with Crippen molar-refractivity contribution in [1.29, 1.82) is 0 Å². The average Bonchev–Trinajstić information content (AvgIpc) is 2.77. The number of rotatable bonds is 5. The lowest BCUT2D eigenvalue weighted by Crippen LogP contribution is -2.30. The molecule has 4 nitrogen and oxygen atoms in total. The predicted molar refractivity (Wildman–Crippen MR) is 82.5 cm³/mol. The van der Waals surface area contributed by atoms with Gasteiger partial charge in [-0.1, -0.05) is 30.7 Å². The van der Waals surface area contributed by atoms with Crippen LogP contribution in [0.4, 0.5) is 0 Å². The van der Waals surface area contributed by atoms with E-state index >= 15 is 0 Å². The minimum absolute atomic E-state index is 0.0248. The summed E-state index contributed by atoms with van der Waals surface area (Å²) < 4.78 is 1.91. The van der Waals surface area contributed by atoms with Crippen LogP contribution in [0, 0.1) is 6.92 Å². The van der Waals surface area contributed by atoms with Crippen molar-refractivity contribution >= 4 is 11.6 Å². The second kappa shape index (κ2) is 6.39. The van der Waals surface area contributed by atoms with Gasteiger partial charge in [-0.15, -0.1) is 0 Å². The van der Waals surface area contributed by atoms with Crippen LogP contribution in [0.3, 0.4) is 0 Å². The van der Waals surface area contributed by atoms with Crippen molar-refractivity contribution in [3.05, 3.63) is 51.8 Å². The van der Waals surface area contributed by atoms with Gasteiger partial charge in [-0.25, -0.2) is 0 Å². The summed E-state index contributed by atoms with van der Waals surface area (Å²) in [5.74, 6) is 5.71. The molecule has 2 rings (SSSR count). The number of hydrazine groups is 1. The Hall–Kier alpha value is -1.36. The van der Waals surface area contributed by atoms with E-state index in [-0.39, 0.29) is 6.04 Å². The maximum atomic E-state index is 6.32. The lowest BCUT2D eigenvalue weighted by molar-refractivity contribution is 0.530. The number of nitrogens with zero attached hydrogens (tertiary/aromatic N) is 2. The van der Waals surface area contributed by atoms with E-state index in [9.17, 15) is 0 Å². The topological polar surface area (TPSA) is 55.9 Å². The molecule has 0 spiro atoms. The van der Waals surface area contributed by atoms with Crippen LogP contribution in [-0.2, 0) is 19.9 Å². The van der Waals surface area contributed by atoms with Crippen LogP contribution in [0.1, 0.15) is 35.5 Å². The number of halogens is 1. The van der Waals surface area contributed by atoms with Crippen molar-refractivity contribution in [2.45, 2.75) is 32.7 Å². The van der Waals surface area contributed by atoms with E-state index in [1.807, 2.05) is 36.9 Å². The Morgan fingerprint density at radius 2 is 2.15 bits per heavy atom. The third-order valence-electron chi connectivity index (χ3n) is 3.54. The van der Waals surface area contributed by atoms with Gasteiger partial charge in [0, 0.05) is 24.2 Å². The molecule has 2 aromatic rings. The van der Waals surface area contributed by atoms with Gasteiger partial charge in [-0.05, 0) is 36.6 Å². The fraction of sp³-hybridized carbons (Fsp3) is 0.400. The first-order valence-electron chi connectivity index (χ1n) is 6.79. The highest BCUT2D eigenvalue weighted by Gasteiger charge is 2.16. The molecule has 0 bridgehead atoms. The van der Waals surface area contributed by atoms with Gasteiger partial charge in [-0.2, -0.15) is 5.10 Å². The fourth-order valence-corrected chi connectivity index (χ4v) is 2.68. The number of hydrogen-bond acceptors (Lipinski definition) is 3. The maximum Gasteiger partial charge on any atom is 0.0624 e. The van der Waals surface area contributed by atoms with E-state index in [0.717, 1.165) is 40.4 Å². The summed E-state index contributed by atoms with van der Waals surface area (Å²) in [7, 11) is 1.96. The number of nitrogens with one attached hydrogen (secondary N) is 1. The molecule has 0 amide bonds. The van der Waals surface area contributed by atoms with Crippen LogP contribution >= 0.6 is 11.6 Å². The van der Waals surface area contributed by atoms with E-state index in [1.54, 1.807) is 0 Å². The Morgan fingerprint density at radius 1 is 1.40 bits per heavy atom. The fourth-order valence-electron chi connectivity index (χ4n) is 2.32. The SMILES string of the molecule is CCc1cc(CC(NN)c2ccc(C)cc2Cl)n(C)n1. The van der Waals surface area contributed by atoms with Crippen LogP contribution in [0.2, 0.25) is 5.02 Å². The summed E-state index contributed by atoms with van der Waals surface area (Å²) in [4.78, 5) is 0. The van der Waals surface area contributed by atoms with Crippen molar-refractivity contribution in [3.8, 4) is 0 Å². The maximum absolute atomic E-state index is 6.32. The van der Waals surface area contributed by atoms with Crippen molar-refractivity contribution in [2.75, 3.05) is 0 Å². The molecule has 108 valence electrons. The zero-order valence-electron chi connectivity index (χ0n) is 12.2. The molecule has 1 unspecified atom stereocenters. The normalized spacial score (nSPS) is 12.7. The van der Waals surface area contributed by atoms with E-state index in [1.165, 1.54) is 0 Å². The molecule has 1 aromatic heterocycles. The molecule has 1 heterocycles. The van der Waals surface area contributed by atoms with Crippen molar-refractivity contribution in [3.63, 3.8) is 0 Å². The molecule has 0 radical (unpaired) electrons. The summed E-state index contributed by atoms with van der Waals surface area (Å²) in [6.45, 7) is 4.12. The van der Waals surface area contributed by atoms with Gasteiger partial charge in [0.1, 0.15) is 0 Å². The smallest absolute Gasteiger partial charge is 0.0624 e. The van der Waals surface area contributed by atoms with Crippen LogP contribution in [-0.4, -0.2) is 9.78 Å². The van der Waals surface area contributed by atoms with Gasteiger partial charge >= 0.3 is 0 Å². The highest BCUT2D eigenvalue weighted by molar-refractivity contribution is 6.31. The second-order valence-electron chi connectivity index (χ2n) is 5.05. The summed E-state index contributed by atoms with van der Waals surface area (Å²) in [5.41, 5.74) is 7.24. The van der Waals surface area contributed by atoms with Gasteiger partial charge < -0.3 is 0 Å². The lowest BCUT2D eigenvalue weighted by atomic mass is 10.0. The monoisotopic (exact) mass is 292 g/mol. The van der Waals surface area contributed by atoms with Crippen LogP contribution < -0.4 is 11.3 Å². The number of benzene rings is 1. The number of aryl methyl sites for hydroxylation is 3.